The summed E-state index contributed by atoms with van der Waals surface area (Å²) in [6, 6.07) is 15.3. The van der Waals surface area contributed by atoms with E-state index in [4.69, 9.17) is 4.74 Å². The standard InChI is InChI=1S/C16H18O2.C5H12/c1-16(2,12-8-10-13(17)11-9-12)14-6-4-5-7-15(14)18-3;1-4-5(2)3/h4-11,17H,1-3H3;5H,4H2,1-3H3. The molecule has 2 heteroatoms. The molecule has 0 aliphatic rings. The summed E-state index contributed by atoms with van der Waals surface area (Å²) in [5, 5.41) is 9.37. The van der Waals surface area contributed by atoms with Crippen molar-refractivity contribution >= 4 is 0 Å². The Balaban J connectivity index is 0.000000463. The lowest BCUT2D eigenvalue weighted by molar-refractivity contribution is 0.401. The van der Waals surface area contributed by atoms with Crippen LogP contribution in [0.4, 0.5) is 0 Å². The molecule has 2 nitrogen and oxygen atoms in total. The number of phenols is 1. The highest BCUT2D eigenvalue weighted by molar-refractivity contribution is 5.46. The molecule has 126 valence electrons. The zero-order valence-corrected chi connectivity index (χ0v) is 15.3. The number of phenolic OH excluding ortho intramolecular Hbond substituents is 1. The molecule has 0 radical (unpaired) electrons. The maximum Gasteiger partial charge on any atom is 0.122 e. The van der Waals surface area contributed by atoms with Gasteiger partial charge in [-0.25, -0.2) is 0 Å². The Hall–Kier alpha value is -1.96. The normalized spacial score (nSPS) is 10.9. The summed E-state index contributed by atoms with van der Waals surface area (Å²) in [5.74, 6) is 2.06. The fraction of sp³-hybridized carbons (Fsp3) is 0.429. The van der Waals surface area contributed by atoms with Crippen LogP contribution in [0, 0.1) is 5.92 Å². The molecule has 0 heterocycles. The molecule has 0 aliphatic carbocycles. The first-order chi connectivity index (χ1) is 10.8. The third kappa shape index (κ3) is 5.31. The van der Waals surface area contributed by atoms with Gasteiger partial charge in [-0.2, -0.15) is 0 Å². The van der Waals surface area contributed by atoms with Crippen LogP contribution in [0.2, 0.25) is 0 Å². The molecule has 0 amide bonds. The zero-order valence-electron chi connectivity index (χ0n) is 15.3. The van der Waals surface area contributed by atoms with Crippen LogP contribution < -0.4 is 4.74 Å². The molecule has 2 aromatic carbocycles. The molecule has 0 aliphatic heterocycles. The fourth-order valence-corrected chi connectivity index (χ4v) is 2.19. The maximum atomic E-state index is 9.37. The smallest absolute Gasteiger partial charge is 0.122 e. The Morgan fingerprint density at radius 1 is 1.00 bits per heavy atom. The highest BCUT2D eigenvalue weighted by atomic mass is 16.5. The second-order valence-electron chi connectivity index (χ2n) is 6.67. The van der Waals surface area contributed by atoms with Gasteiger partial charge in [-0.15, -0.1) is 0 Å². The zero-order chi connectivity index (χ0) is 17.5. The summed E-state index contributed by atoms with van der Waals surface area (Å²) in [5.41, 5.74) is 2.11. The summed E-state index contributed by atoms with van der Waals surface area (Å²) >= 11 is 0. The van der Waals surface area contributed by atoms with Crippen molar-refractivity contribution in [1.29, 1.82) is 0 Å². The highest BCUT2D eigenvalue weighted by Crippen LogP contribution is 2.37. The van der Waals surface area contributed by atoms with E-state index in [1.807, 2.05) is 30.3 Å². The molecule has 0 bridgehead atoms. The summed E-state index contributed by atoms with van der Waals surface area (Å²) in [6.07, 6.45) is 1.31. The molecule has 0 aromatic heterocycles. The van der Waals surface area contributed by atoms with E-state index in [1.165, 1.54) is 6.42 Å². The predicted molar refractivity (Wildman–Crippen MR) is 98.4 cm³/mol. The first-order valence-electron chi connectivity index (χ1n) is 8.25. The summed E-state index contributed by atoms with van der Waals surface area (Å²) in [7, 11) is 1.69. The Morgan fingerprint density at radius 2 is 1.52 bits per heavy atom. The second-order valence-corrected chi connectivity index (χ2v) is 6.67. The number of benzene rings is 2. The maximum absolute atomic E-state index is 9.37. The number of hydrogen-bond donors (Lipinski definition) is 1. The number of para-hydroxylation sites is 1. The van der Waals surface area contributed by atoms with Crippen molar-refractivity contribution in [1.82, 2.24) is 0 Å². The number of ether oxygens (including phenoxy) is 1. The summed E-state index contributed by atoms with van der Waals surface area (Å²) in [4.78, 5) is 0. The van der Waals surface area contributed by atoms with Gasteiger partial charge in [0.25, 0.3) is 0 Å². The molecule has 0 saturated carbocycles. The van der Waals surface area contributed by atoms with Gasteiger partial charge in [-0.05, 0) is 29.7 Å². The van der Waals surface area contributed by atoms with Crippen molar-refractivity contribution in [3.05, 3.63) is 59.7 Å². The highest BCUT2D eigenvalue weighted by Gasteiger charge is 2.26. The first-order valence-corrected chi connectivity index (χ1v) is 8.25. The van der Waals surface area contributed by atoms with Crippen molar-refractivity contribution in [3.8, 4) is 11.5 Å². The minimum Gasteiger partial charge on any atom is -0.508 e. The third-order valence-electron chi connectivity index (χ3n) is 4.19. The molecule has 0 spiro atoms. The second kappa shape index (κ2) is 8.61. The molecule has 2 aromatic rings. The Morgan fingerprint density at radius 3 is 2.00 bits per heavy atom. The molecule has 2 rings (SSSR count). The average Bonchev–Trinajstić information content (AvgIpc) is 2.55. The van der Waals surface area contributed by atoms with Crippen LogP contribution in [0.5, 0.6) is 11.5 Å². The van der Waals surface area contributed by atoms with Crippen molar-refractivity contribution < 1.29 is 9.84 Å². The van der Waals surface area contributed by atoms with Gasteiger partial charge in [0.1, 0.15) is 11.5 Å². The Bertz CT molecular complexity index is 583. The molecule has 0 saturated heterocycles. The van der Waals surface area contributed by atoms with Gasteiger partial charge in [0, 0.05) is 11.0 Å². The van der Waals surface area contributed by atoms with E-state index in [0.29, 0.717) is 0 Å². The van der Waals surface area contributed by atoms with Gasteiger partial charge in [-0.1, -0.05) is 71.4 Å². The molecule has 23 heavy (non-hydrogen) atoms. The van der Waals surface area contributed by atoms with E-state index in [0.717, 1.165) is 22.8 Å². The van der Waals surface area contributed by atoms with Crippen molar-refractivity contribution in [3.63, 3.8) is 0 Å². The van der Waals surface area contributed by atoms with Gasteiger partial charge in [0.05, 0.1) is 7.11 Å². The molecule has 1 N–H and O–H groups in total. The fourth-order valence-electron chi connectivity index (χ4n) is 2.19. The van der Waals surface area contributed by atoms with Crippen LogP contribution in [-0.4, -0.2) is 12.2 Å². The van der Waals surface area contributed by atoms with E-state index in [2.05, 4.69) is 40.7 Å². The van der Waals surface area contributed by atoms with E-state index >= 15 is 0 Å². The molecular formula is C21H30O2. The van der Waals surface area contributed by atoms with Gasteiger partial charge < -0.3 is 9.84 Å². The summed E-state index contributed by atoms with van der Waals surface area (Å²) in [6.45, 7) is 10.9. The summed E-state index contributed by atoms with van der Waals surface area (Å²) < 4.78 is 5.43. The van der Waals surface area contributed by atoms with Crippen LogP contribution in [0.25, 0.3) is 0 Å². The lowest BCUT2D eigenvalue weighted by Crippen LogP contribution is -2.19. The van der Waals surface area contributed by atoms with Crippen LogP contribution in [-0.2, 0) is 5.41 Å². The topological polar surface area (TPSA) is 29.5 Å². The number of hydrogen-bond acceptors (Lipinski definition) is 2. The SMILES string of the molecule is CCC(C)C.COc1ccccc1C(C)(C)c1ccc(O)cc1. The van der Waals surface area contributed by atoms with Crippen LogP contribution in [0.3, 0.4) is 0 Å². The van der Waals surface area contributed by atoms with Crippen LogP contribution >= 0.6 is 0 Å². The minimum absolute atomic E-state index is 0.166. The van der Waals surface area contributed by atoms with E-state index < -0.39 is 0 Å². The average molecular weight is 314 g/mol. The lowest BCUT2D eigenvalue weighted by atomic mass is 9.77. The minimum atomic E-state index is -0.166. The Kier molecular flexibility index (Phi) is 7.15. The van der Waals surface area contributed by atoms with Crippen LogP contribution in [0.15, 0.2) is 48.5 Å². The van der Waals surface area contributed by atoms with E-state index in [-0.39, 0.29) is 11.2 Å². The number of rotatable bonds is 4. The van der Waals surface area contributed by atoms with E-state index in [1.54, 1.807) is 19.2 Å². The lowest BCUT2D eigenvalue weighted by Gasteiger charge is -2.27. The van der Waals surface area contributed by atoms with E-state index in [9.17, 15) is 5.11 Å². The van der Waals surface area contributed by atoms with Gasteiger partial charge in [0.15, 0.2) is 0 Å². The molecular weight excluding hydrogens is 284 g/mol. The van der Waals surface area contributed by atoms with Crippen molar-refractivity contribution in [2.75, 3.05) is 7.11 Å². The van der Waals surface area contributed by atoms with Gasteiger partial charge in [-0.3, -0.25) is 0 Å². The van der Waals surface area contributed by atoms with Crippen LogP contribution in [0.1, 0.15) is 52.2 Å². The van der Waals surface area contributed by atoms with Crippen molar-refractivity contribution in [2.24, 2.45) is 5.92 Å². The first kappa shape index (κ1) is 19.1. The third-order valence-corrected chi connectivity index (χ3v) is 4.19. The number of methoxy groups -OCH3 is 1. The largest absolute Gasteiger partial charge is 0.508 e. The van der Waals surface area contributed by atoms with Gasteiger partial charge in [0.2, 0.25) is 0 Å². The quantitative estimate of drug-likeness (QED) is 0.775. The van der Waals surface area contributed by atoms with Gasteiger partial charge >= 0.3 is 0 Å². The molecule has 0 unspecified atom stereocenters. The predicted octanol–water partition coefficient (Wildman–Crippen LogP) is 5.78. The number of aromatic hydroxyl groups is 1. The molecule has 0 fully saturated rings. The van der Waals surface area contributed by atoms with Crippen molar-refractivity contribution in [2.45, 2.75) is 46.5 Å². The molecule has 0 atom stereocenters. The monoisotopic (exact) mass is 314 g/mol. The Labute approximate surface area is 141 Å².